The molecule has 1 aliphatic rings. The molecule has 0 saturated carbocycles. The van der Waals surface area contributed by atoms with Gasteiger partial charge < -0.3 is 10.2 Å². The number of carbonyl (C=O) groups excluding carboxylic acids is 1. The number of urea groups is 1. The Morgan fingerprint density at radius 3 is 2.53 bits per heavy atom. The lowest BCUT2D eigenvalue weighted by molar-refractivity contribution is 0.222. The summed E-state index contributed by atoms with van der Waals surface area (Å²) in [6.45, 7) is 1.69. The van der Waals surface area contributed by atoms with Gasteiger partial charge in [0, 0.05) is 18.8 Å². The van der Waals surface area contributed by atoms with E-state index in [0.717, 1.165) is 37.2 Å². The summed E-state index contributed by atoms with van der Waals surface area (Å²) >= 11 is 0. The summed E-state index contributed by atoms with van der Waals surface area (Å²) in [5.74, 6) is 0. The average Bonchev–Trinajstić information content (AvgIpc) is 2.86. The van der Waals surface area contributed by atoms with E-state index in [1.165, 1.54) is 0 Å². The van der Waals surface area contributed by atoms with Gasteiger partial charge in [0.25, 0.3) is 0 Å². The molecular weight excluding hydrogens is 214 g/mol. The molecule has 1 aromatic carbocycles. The van der Waals surface area contributed by atoms with Gasteiger partial charge in [-0.2, -0.15) is 5.26 Å². The highest BCUT2D eigenvalue weighted by molar-refractivity contribution is 5.89. The smallest absolute Gasteiger partial charge is 0.321 e. The molecule has 88 valence electrons. The number of carbonyl (C=O) groups is 1. The van der Waals surface area contributed by atoms with Crippen molar-refractivity contribution in [3.63, 3.8) is 0 Å². The molecular formula is C13H15N3O. The highest BCUT2D eigenvalue weighted by Gasteiger charge is 2.17. The van der Waals surface area contributed by atoms with Crippen molar-refractivity contribution in [1.82, 2.24) is 4.90 Å². The monoisotopic (exact) mass is 229 g/mol. The van der Waals surface area contributed by atoms with Gasteiger partial charge in [0.2, 0.25) is 0 Å². The number of likely N-dealkylation sites (tertiary alicyclic amines) is 1. The van der Waals surface area contributed by atoms with E-state index in [9.17, 15) is 4.79 Å². The first-order chi connectivity index (χ1) is 8.29. The van der Waals surface area contributed by atoms with Crippen LogP contribution in [0.5, 0.6) is 0 Å². The zero-order valence-corrected chi connectivity index (χ0v) is 9.65. The molecule has 0 unspecified atom stereocenters. The minimum Gasteiger partial charge on any atom is -0.325 e. The first kappa shape index (κ1) is 11.5. The molecule has 4 nitrogen and oxygen atoms in total. The van der Waals surface area contributed by atoms with Crippen LogP contribution in [0.4, 0.5) is 10.5 Å². The third-order valence-corrected chi connectivity index (χ3v) is 2.88. The highest BCUT2D eigenvalue weighted by atomic mass is 16.2. The highest BCUT2D eigenvalue weighted by Crippen LogP contribution is 2.13. The van der Waals surface area contributed by atoms with Crippen LogP contribution in [-0.2, 0) is 6.42 Å². The fourth-order valence-corrected chi connectivity index (χ4v) is 1.92. The van der Waals surface area contributed by atoms with Crippen molar-refractivity contribution >= 4 is 11.7 Å². The molecule has 1 N–H and O–H groups in total. The van der Waals surface area contributed by atoms with E-state index in [1.807, 2.05) is 29.2 Å². The predicted molar refractivity (Wildman–Crippen MR) is 65.6 cm³/mol. The van der Waals surface area contributed by atoms with Gasteiger partial charge in [-0.15, -0.1) is 0 Å². The Hall–Kier alpha value is -2.02. The third kappa shape index (κ3) is 2.97. The standard InChI is InChI=1S/C13H15N3O/c14-8-7-11-3-5-12(6-4-11)15-13(17)16-9-1-2-10-16/h3-6H,1-2,7,9-10H2,(H,15,17). The molecule has 0 aliphatic carbocycles. The lowest BCUT2D eigenvalue weighted by Gasteiger charge is -2.16. The number of hydrogen-bond donors (Lipinski definition) is 1. The second-order valence-electron chi connectivity index (χ2n) is 4.16. The summed E-state index contributed by atoms with van der Waals surface area (Å²) in [5, 5.41) is 11.4. The van der Waals surface area contributed by atoms with Crippen molar-refractivity contribution in [3.8, 4) is 6.07 Å². The van der Waals surface area contributed by atoms with Crippen LogP contribution in [-0.4, -0.2) is 24.0 Å². The van der Waals surface area contributed by atoms with Gasteiger partial charge in [-0.25, -0.2) is 4.79 Å². The van der Waals surface area contributed by atoms with Crippen molar-refractivity contribution in [2.24, 2.45) is 0 Å². The quantitative estimate of drug-likeness (QED) is 0.846. The van der Waals surface area contributed by atoms with Gasteiger partial charge in [-0.1, -0.05) is 12.1 Å². The van der Waals surface area contributed by atoms with Gasteiger partial charge in [-0.05, 0) is 30.5 Å². The van der Waals surface area contributed by atoms with E-state index in [4.69, 9.17) is 5.26 Å². The number of amides is 2. The second kappa shape index (κ2) is 5.35. The Morgan fingerprint density at radius 2 is 1.94 bits per heavy atom. The Bertz CT molecular complexity index is 427. The molecule has 1 saturated heterocycles. The van der Waals surface area contributed by atoms with Gasteiger partial charge >= 0.3 is 6.03 Å². The van der Waals surface area contributed by atoms with Crippen LogP contribution in [0.2, 0.25) is 0 Å². The van der Waals surface area contributed by atoms with E-state index < -0.39 is 0 Å². The normalized spacial score (nSPS) is 14.4. The zero-order valence-electron chi connectivity index (χ0n) is 9.65. The molecule has 1 fully saturated rings. The third-order valence-electron chi connectivity index (χ3n) is 2.88. The first-order valence-corrected chi connectivity index (χ1v) is 5.81. The largest absolute Gasteiger partial charge is 0.325 e. The Morgan fingerprint density at radius 1 is 1.29 bits per heavy atom. The number of nitrogens with one attached hydrogen (secondary N) is 1. The SMILES string of the molecule is N#CCc1ccc(NC(=O)N2CCCC2)cc1. The molecule has 2 rings (SSSR count). The molecule has 0 atom stereocenters. The summed E-state index contributed by atoms with van der Waals surface area (Å²) < 4.78 is 0. The van der Waals surface area contributed by atoms with Crippen molar-refractivity contribution in [2.75, 3.05) is 18.4 Å². The van der Waals surface area contributed by atoms with Crippen LogP contribution in [0.3, 0.4) is 0 Å². The molecule has 0 bridgehead atoms. The van der Waals surface area contributed by atoms with E-state index in [-0.39, 0.29) is 6.03 Å². The maximum atomic E-state index is 11.8. The molecule has 2 amide bonds. The Balaban J connectivity index is 1.94. The lowest BCUT2D eigenvalue weighted by atomic mass is 10.1. The molecule has 0 spiro atoms. The minimum atomic E-state index is -0.0319. The minimum absolute atomic E-state index is 0.0319. The van der Waals surface area contributed by atoms with Crippen molar-refractivity contribution in [2.45, 2.75) is 19.3 Å². The topological polar surface area (TPSA) is 56.1 Å². The molecule has 4 heteroatoms. The van der Waals surface area contributed by atoms with Crippen LogP contribution in [0.25, 0.3) is 0 Å². The molecule has 1 aliphatic heterocycles. The number of rotatable bonds is 2. The van der Waals surface area contributed by atoms with Crippen molar-refractivity contribution in [3.05, 3.63) is 29.8 Å². The molecule has 0 radical (unpaired) electrons. The van der Waals surface area contributed by atoms with Gasteiger partial charge in [-0.3, -0.25) is 0 Å². The fraction of sp³-hybridized carbons (Fsp3) is 0.385. The van der Waals surface area contributed by atoms with Gasteiger partial charge in [0.05, 0.1) is 12.5 Å². The van der Waals surface area contributed by atoms with Crippen LogP contribution in [0.15, 0.2) is 24.3 Å². The van der Waals surface area contributed by atoms with E-state index in [1.54, 1.807) is 0 Å². The maximum Gasteiger partial charge on any atom is 0.321 e. The fourth-order valence-electron chi connectivity index (χ4n) is 1.92. The number of benzene rings is 1. The molecule has 17 heavy (non-hydrogen) atoms. The molecule has 1 heterocycles. The average molecular weight is 229 g/mol. The number of nitrogens with zero attached hydrogens (tertiary/aromatic N) is 2. The van der Waals surface area contributed by atoms with Crippen LogP contribution >= 0.6 is 0 Å². The van der Waals surface area contributed by atoms with Crippen LogP contribution in [0, 0.1) is 11.3 Å². The second-order valence-corrected chi connectivity index (χ2v) is 4.16. The Labute approximate surface area is 101 Å². The molecule has 0 aromatic heterocycles. The Kier molecular flexibility index (Phi) is 3.61. The van der Waals surface area contributed by atoms with E-state index in [2.05, 4.69) is 11.4 Å². The summed E-state index contributed by atoms with van der Waals surface area (Å²) in [4.78, 5) is 13.6. The van der Waals surface area contributed by atoms with Gasteiger partial charge in [0.15, 0.2) is 0 Å². The number of hydrogen-bond acceptors (Lipinski definition) is 2. The molecule has 1 aromatic rings. The van der Waals surface area contributed by atoms with Crippen LogP contribution in [0.1, 0.15) is 18.4 Å². The van der Waals surface area contributed by atoms with Crippen molar-refractivity contribution in [1.29, 1.82) is 5.26 Å². The van der Waals surface area contributed by atoms with E-state index >= 15 is 0 Å². The van der Waals surface area contributed by atoms with Crippen LogP contribution < -0.4 is 5.32 Å². The predicted octanol–water partition coefficient (Wildman–Crippen LogP) is 2.38. The summed E-state index contributed by atoms with van der Waals surface area (Å²) in [6, 6.07) is 9.46. The summed E-state index contributed by atoms with van der Waals surface area (Å²) in [6.07, 6.45) is 2.59. The maximum absolute atomic E-state index is 11.8. The number of nitriles is 1. The summed E-state index contributed by atoms with van der Waals surface area (Å²) in [5.41, 5.74) is 1.75. The van der Waals surface area contributed by atoms with Crippen molar-refractivity contribution < 1.29 is 4.79 Å². The van der Waals surface area contributed by atoms with E-state index in [0.29, 0.717) is 6.42 Å². The first-order valence-electron chi connectivity index (χ1n) is 5.81. The number of anilines is 1. The summed E-state index contributed by atoms with van der Waals surface area (Å²) in [7, 11) is 0. The van der Waals surface area contributed by atoms with Gasteiger partial charge in [0.1, 0.15) is 0 Å². The zero-order chi connectivity index (χ0) is 12.1. The lowest BCUT2D eigenvalue weighted by Crippen LogP contribution is -2.32.